The van der Waals surface area contributed by atoms with E-state index in [2.05, 4.69) is 16.4 Å². The van der Waals surface area contributed by atoms with Gasteiger partial charge in [0.05, 0.1) is 19.3 Å². The molecule has 4 rings (SSSR count). The second kappa shape index (κ2) is 7.02. The molecular formula is C20H20N3O3S+. The van der Waals surface area contributed by atoms with Crippen molar-refractivity contribution in [2.24, 2.45) is 0 Å². The third kappa shape index (κ3) is 3.05. The second-order valence-electron chi connectivity index (χ2n) is 6.48. The fraction of sp³-hybridized carbons (Fsp3) is 0.200. The second-order valence-corrected chi connectivity index (χ2v) is 6.87. The molecule has 0 unspecified atom stereocenters. The normalized spacial score (nSPS) is 16.0. The van der Waals surface area contributed by atoms with Gasteiger partial charge in [-0.05, 0) is 29.9 Å². The number of methoxy groups -OCH3 is 1. The molecule has 2 aromatic carbocycles. The highest BCUT2D eigenvalue weighted by Crippen LogP contribution is 2.30. The minimum Gasteiger partial charge on any atom is -0.497 e. The Bertz CT molecular complexity index is 1120. The lowest BCUT2D eigenvalue weighted by molar-refractivity contribution is -0.690. The number of hydrogen-bond acceptors (Lipinski definition) is 4. The summed E-state index contributed by atoms with van der Waals surface area (Å²) in [6.45, 7) is 0.843. The standard InChI is InChI=1S/C20H19N3O3S/c1-26-14-7-4-6-13(11-14)23-19(25)16(18(24)22-20(23)27)17-15-8-3-2-5-12(15)9-10-21-17/h2-8,11,17,21,25H,9-10H2,1H3,(H,22,24,27)/p+1/t17-/m1/s1. The molecule has 0 radical (unpaired) electrons. The molecule has 2 heterocycles. The van der Waals surface area contributed by atoms with Crippen LogP contribution in [-0.2, 0) is 6.42 Å². The van der Waals surface area contributed by atoms with Gasteiger partial charge in [-0.15, -0.1) is 0 Å². The van der Waals surface area contributed by atoms with Crippen molar-refractivity contribution in [3.8, 4) is 17.3 Å². The number of ether oxygens (including phenoxy) is 1. The Labute approximate surface area is 161 Å². The number of aromatic hydroxyl groups is 1. The molecule has 0 bridgehead atoms. The van der Waals surface area contributed by atoms with Crippen LogP contribution < -0.4 is 15.6 Å². The number of aromatic amines is 1. The van der Waals surface area contributed by atoms with Gasteiger partial charge in [0.2, 0.25) is 5.88 Å². The summed E-state index contributed by atoms with van der Waals surface area (Å²) in [6.07, 6.45) is 0.931. The third-order valence-electron chi connectivity index (χ3n) is 4.95. The van der Waals surface area contributed by atoms with E-state index in [9.17, 15) is 9.90 Å². The van der Waals surface area contributed by atoms with E-state index in [1.807, 2.05) is 30.3 Å². The molecule has 1 atom stereocenters. The van der Waals surface area contributed by atoms with Gasteiger partial charge < -0.3 is 15.2 Å². The maximum absolute atomic E-state index is 12.7. The van der Waals surface area contributed by atoms with Crippen LogP contribution in [-0.4, -0.2) is 28.3 Å². The van der Waals surface area contributed by atoms with Crippen molar-refractivity contribution >= 4 is 12.2 Å². The van der Waals surface area contributed by atoms with Crippen molar-refractivity contribution in [1.29, 1.82) is 0 Å². The van der Waals surface area contributed by atoms with Gasteiger partial charge in [-0.3, -0.25) is 14.3 Å². The van der Waals surface area contributed by atoms with Gasteiger partial charge in [-0.1, -0.05) is 30.3 Å². The molecule has 1 aliphatic heterocycles. The van der Waals surface area contributed by atoms with Crippen LogP contribution in [0, 0.1) is 4.77 Å². The summed E-state index contributed by atoms with van der Waals surface area (Å²) in [5, 5.41) is 13.1. The summed E-state index contributed by atoms with van der Waals surface area (Å²) in [4.78, 5) is 15.5. The van der Waals surface area contributed by atoms with Crippen LogP contribution in [0.25, 0.3) is 5.69 Å². The highest BCUT2D eigenvalue weighted by atomic mass is 32.1. The van der Waals surface area contributed by atoms with E-state index in [-0.39, 0.29) is 22.3 Å². The van der Waals surface area contributed by atoms with Crippen molar-refractivity contribution in [3.05, 3.63) is 80.3 Å². The molecule has 4 N–H and O–H groups in total. The lowest BCUT2D eigenvalue weighted by Crippen LogP contribution is -2.87. The zero-order valence-corrected chi connectivity index (χ0v) is 15.6. The third-order valence-corrected chi connectivity index (χ3v) is 5.23. The molecule has 1 aromatic heterocycles. The molecule has 0 fully saturated rings. The number of aromatic nitrogens is 2. The van der Waals surface area contributed by atoms with E-state index in [4.69, 9.17) is 17.0 Å². The smallest absolute Gasteiger partial charge is 0.265 e. The molecule has 7 heteroatoms. The first-order valence-corrected chi connectivity index (χ1v) is 9.14. The van der Waals surface area contributed by atoms with Gasteiger partial charge in [-0.2, -0.15) is 0 Å². The lowest BCUT2D eigenvalue weighted by atomic mass is 9.90. The van der Waals surface area contributed by atoms with Crippen molar-refractivity contribution in [2.75, 3.05) is 13.7 Å². The molecular weight excluding hydrogens is 362 g/mol. The highest BCUT2D eigenvalue weighted by molar-refractivity contribution is 7.71. The Morgan fingerprint density at radius 1 is 1.26 bits per heavy atom. The van der Waals surface area contributed by atoms with Crippen LogP contribution in [0.1, 0.15) is 22.7 Å². The molecule has 138 valence electrons. The Morgan fingerprint density at radius 2 is 2.07 bits per heavy atom. The summed E-state index contributed by atoms with van der Waals surface area (Å²) >= 11 is 5.32. The van der Waals surface area contributed by atoms with Crippen LogP contribution in [0.2, 0.25) is 0 Å². The van der Waals surface area contributed by atoms with Crippen LogP contribution in [0.3, 0.4) is 0 Å². The van der Waals surface area contributed by atoms with Gasteiger partial charge in [0.15, 0.2) is 4.77 Å². The van der Waals surface area contributed by atoms with E-state index in [1.54, 1.807) is 19.2 Å². The molecule has 0 saturated heterocycles. The molecule has 0 saturated carbocycles. The van der Waals surface area contributed by atoms with E-state index >= 15 is 0 Å². The summed E-state index contributed by atoms with van der Waals surface area (Å²) in [7, 11) is 1.57. The lowest BCUT2D eigenvalue weighted by Gasteiger charge is -2.24. The molecule has 6 nitrogen and oxygen atoms in total. The van der Waals surface area contributed by atoms with Gasteiger partial charge in [0, 0.05) is 18.1 Å². The largest absolute Gasteiger partial charge is 0.497 e. The fourth-order valence-corrected chi connectivity index (χ4v) is 3.96. The summed E-state index contributed by atoms with van der Waals surface area (Å²) in [6, 6.07) is 14.9. The quantitative estimate of drug-likeness (QED) is 0.604. The first kappa shape index (κ1) is 17.5. The first-order valence-electron chi connectivity index (χ1n) is 8.74. The Morgan fingerprint density at radius 3 is 2.89 bits per heavy atom. The zero-order valence-electron chi connectivity index (χ0n) is 14.8. The fourth-order valence-electron chi connectivity index (χ4n) is 3.68. The van der Waals surface area contributed by atoms with Crippen molar-refractivity contribution in [3.63, 3.8) is 0 Å². The maximum Gasteiger partial charge on any atom is 0.265 e. The predicted octanol–water partition coefficient (Wildman–Crippen LogP) is 1.82. The molecule has 0 aliphatic carbocycles. The van der Waals surface area contributed by atoms with Crippen molar-refractivity contribution in [2.45, 2.75) is 12.5 Å². The number of rotatable bonds is 3. The van der Waals surface area contributed by atoms with E-state index in [0.29, 0.717) is 17.0 Å². The molecule has 3 aromatic rings. The van der Waals surface area contributed by atoms with Gasteiger partial charge >= 0.3 is 0 Å². The average Bonchev–Trinajstić information content (AvgIpc) is 2.68. The van der Waals surface area contributed by atoms with E-state index in [1.165, 1.54) is 10.1 Å². The van der Waals surface area contributed by atoms with E-state index in [0.717, 1.165) is 18.5 Å². The number of nitrogens with zero attached hydrogens (tertiary/aromatic N) is 1. The van der Waals surface area contributed by atoms with Crippen molar-refractivity contribution < 1.29 is 15.2 Å². The van der Waals surface area contributed by atoms with Gasteiger partial charge in [0.1, 0.15) is 17.4 Å². The van der Waals surface area contributed by atoms with Crippen LogP contribution in [0.5, 0.6) is 11.6 Å². The van der Waals surface area contributed by atoms with Crippen LogP contribution in [0.15, 0.2) is 53.3 Å². The molecule has 1 aliphatic rings. The first-order chi connectivity index (χ1) is 13.1. The number of fused-ring (bicyclic) bond motifs is 1. The summed E-state index contributed by atoms with van der Waals surface area (Å²) < 4.78 is 6.88. The van der Waals surface area contributed by atoms with Crippen LogP contribution in [0.4, 0.5) is 0 Å². The highest BCUT2D eigenvalue weighted by Gasteiger charge is 2.31. The minimum absolute atomic E-state index is 0.138. The van der Waals surface area contributed by atoms with E-state index < -0.39 is 0 Å². The predicted molar refractivity (Wildman–Crippen MR) is 104 cm³/mol. The number of hydrogen-bond donors (Lipinski definition) is 3. The van der Waals surface area contributed by atoms with Gasteiger partial charge in [-0.25, -0.2) is 0 Å². The zero-order chi connectivity index (χ0) is 19.0. The van der Waals surface area contributed by atoms with Crippen molar-refractivity contribution in [1.82, 2.24) is 9.55 Å². The Kier molecular flexibility index (Phi) is 4.55. The van der Waals surface area contributed by atoms with Crippen LogP contribution >= 0.6 is 12.2 Å². The number of nitrogens with one attached hydrogen (secondary N) is 1. The monoisotopic (exact) mass is 382 g/mol. The minimum atomic E-state index is -0.366. The molecule has 0 spiro atoms. The Balaban J connectivity index is 1.94. The molecule has 27 heavy (non-hydrogen) atoms. The van der Waals surface area contributed by atoms with Gasteiger partial charge in [0.25, 0.3) is 5.56 Å². The summed E-state index contributed by atoms with van der Waals surface area (Å²) in [5.74, 6) is 0.492. The molecule has 0 amide bonds. The number of H-pyrrole nitrogens is 1. The SMILES string of the molecule is COc1cccc(-n2c(O)c([C@@H]3[NH2+]CCc4ccccc43)c(=O)[nH]c2=S)c1. The Hall–Kier alpha value is -2.90. The average molecular weight is 382 g/mol. The number of nitrogens with two attached hydrogens (primary N) is 1. The topological polar surface area (TPSA) is 83.9 Å². The number of quaternary nitrogens is 1. The number of benzene rings is 2. The maximum atomic E-state index is 12.7. The summed E-state index contributed by atoms with van der Waals surface area (Å²) in [5.41, 5.74) is 2.80.